The van der Waals surface area contributed by atoms with Crippen LogP contribution in [0.1, 0.15) is 10.4 Å². The Morgan fingerprint density at radius 3 is 1.91 bits per heavy atom. The molecule has 0 bridgehead atoms. The average Bonchev–Trinajstić information content (AvgIpc) is 2.48. The van der Waals surface area contributed by atoms with E-state index in [0.717, 1.165) is 0 Å². The lowest BCUT2D eigenvalue weighted by Crippen LogP contribution is -2.19. The molecule has 0 spiro atoms. The zero-order valence-corrected chi connectivity index (χ0v) is 11.8. The summed E-state index contributed by atoms with van der Waals surface area (Å²) in [7, 11) is 0. The molecule has 0 aliphatic carbocycles. The molecule has 9 heteroatoms. The number of hydrogen-bond acceptors (Lipinski definition) is 1. The third-order valence-corrected chi connectivity index (χ3v) is 3.46. The third-order valence-electron chi connectivity index (χ3n) is 2.64. The summed E-state index contributed by atoms with van der Waals surface area (Å²) in [6.45, 7) is 0. The highest BCUT2D eigenvalue weighted by Gasteiger charge is 2.30. The second-order valence-corrected chi connectivity index (χ2v) is 4.79. The molecule has 0 radical (unpaired) electrons. The zero-order valence-electron chi connectivity index (χ0n) is 10.3. The van der Waals surface area contributed by atoms with Gasteiger partial charge in [-0.25, -0.2) is 22.0 Å². The van der Waals surface area contributed by atoms with Crippen LogP contribution < -0.4 is 5.32 Å². The summed E-state index contributed by atoms with van der Waals surface area (Å²) in [6, 6.07) is 3.97. The van der Waals surface area contributed by atoms with E-state index >= 15 is 0 Å². The SMILES string of the molecule is O=C(Nc1cccc(Cl)c1Cl)c1c(F)c(F)c(F)c(F)c1F. The van der Waals surface area contributed by atoms with E-state index in [1.54, 1.807) is 0 Å². The van der Waals surface area contributed by atoms with Crippen molar-refractivity contribution in [2.75, 3.05) is 5.32 Å². The van der Waals surface area contributed by atoms with Gasteiger partial charge in [0.2, 0.25) is 5.82 Å². The largest absolute Gasteiger partial charge is 0.320 e. The molecule has 0 aliphatic rings. The Balaban J connectivity index is 2.49. The van der Waals surface area contributed by atoms with E-state index in [9.17, 15) is 26.7 Å². The van der Waals surface area contributed by atoms with Crippen molar-refractivity contribution in [3.63, 3.8) is 0 Å². The van der Waals surface area contributed by atoms with Gasteiger partial charge < -0.3 is 5.32 Å². The van der Waals surface area contributed by atoms with Gasteiger partial charge in [-0.2, -0.15) is 0 Å². The Hall–Kier alpha value is -1.86. The number of rotatable bonds is 2. The smallest absolute Gasteiger partial charge is 0.261 e. The second kappa shape index (κ2) is 6.10. The fourth-order valence-corrected chi connectivity index (χ4v) is 1.94. The number of amides is 1. The van der Waals surface area contributed by atoms with Gasteiger partial charge in [-0.1, -0.05) is 29.3 Å². The van der Waals surface area contributed by atoms with Crippen LogP contribution in [0.5, 0.6) is 0 Å². The molecule has 116 valence electrons. The number of halogens is 7. The lowest BCUT2D eigenvalue weighted by atomic mass is 10.1. The molecule has 0 aromatic heterocycles. The zero-order chi connectivity index (χ0) is 16.6. The van der Waals surface area contributed by atoms with Gasteiger partial charge in [-0.15, -0.1) is 0 Å². The Labute approximate surface area is 130 Å². The number of carbonyl (C=O) groups excluding carboxylic acids is 1. The molecule has 2 nitrogen and oxygen atoms in total. The summed E-state index contributed by atoms with van der Waals surface area (Å²) >= 11 is 11.4. The molecule has 1 N–H and O–H groups in total. The van der Waals surface area contributed by atoms with Gasteiger partial charge in [-0.3, -0.25) is 4.79 Å². The van der Waals surface area contributed by atoms with E-state index in [-0.39, 0.29) is 15.7 Å². The Kier molecular flexibility index (Phi) is 4.58. The van der Waals surface area contributed by atoms with Crippen LogP contribution in [-0.2, 0) is 0 Å². The first-order valence-corrected chi connectivity index (χ1v) is 6.28. The average molecular weight is 356 g/mol. The topological polar surface area (TPSA) is 29.1 Å². The van der Waals surface area contributed by atoms with E-state index in [2.05, 4.69) is 0 Å². The molecule has 0 saturated carbocycles. The van der Waals surface area contributed by atoms with Gasteiger partial charge in [0.05, 0.1) is 15.7 Å². The minimum atomic E-state index is -2.35. The number of carbonyl (C=O) groups is 1. The van der Waals surface area contributed by atoms with Crippen LogP contribution >= 0.6 is 23.2 Å². The number of nitrogens with one attached hydrogen (secondary N) is 1. The van der Waals surface area contributed by atoms with Gasteiger partial charge >= 0.3 is 0 Å². The van der Waals surface area contributed by atoms with Gasteiger partial charge in [0.1, 0.15) is 5.56 Å². The molecular formula is C13H4Cl2F5NO. The number of benzene rings is 2. The van der Waals surface area contributed by atoms with Crippen molar-refractivity contribution >= 4 is 34.8 Å². The summed E-state index contributed by atoms with van der Waals surface area (Å²) in [6.07, 6.45) is 0. The first-order valence-electron chi connectivity index (χ1n) is 5.52. The highest BCUT2D eigenvalue weighted by atomic mass is 35.5. The first kappa shape index (κ1) is 16.5. The molecule has 22 heavy (non-hydrogen) atoms. The quantitative estimate of drug-likeness (QED) is 0.461. The maximum atomic E-state index is 13.5. The van der Waals surface area contributed by atoms with E-state index < -0.39 is 40.6 Å². The van der Waals surface area contributed by atoms with Crippen molar-refractivity contribution < 1.29 is 26.7 Å². The highest BCUT2D eigenvalue weighted by molar-refractivity contribution is 6.44. The Morgan fingerprint density at radius 2 is 1.36 bits per heavy atom. The van der Waals surface area contributed by atoms with Crippen molar-refractivity contribution in [1.82, 2.24) is 0 Å². The summed E-state index contributed by atoms with van der Waals surface area (Å²) in [5, 5.41) is 1.81. The third kappa shape index (κ3) is 2.74. The molecule has 0 unspecified atom stereocenters. The summed E-state index contributed by atoms with van der Waals surface area (Å²) in [5.74, 6) is -12.8. The van der Waals surface area contributed by atoms with E-state index in [1.165, 1.54) is 18.2 Å². The van der Waals surface area contributed by atoms with E-state index in [0.29, 0.717) is 0 Å². The van der Waals surface area contributed by atoms with Gasteiger partial charge in [0, 0.05) is 0 Å². The highest BCUT2D eigenvalue weighted by Crippen LogP contribution is 2.30. The molecular weight excluding hydrogens is 352 g/mol. The number of anilines is 1. The van der Waals surface area contributed by atoms with E-state index in [1.807, 2.05) is 5.32 Å². The molecule has 0 heterocycles. The fraction of sp³-hybridized carbons (Fsp3) is 0. The minimum Gasteiger partial charge on any atom is -0.320 e. The molecule has 0 atom stereocenters. The van der Waals surface area contributed by atoms with Crippen LogP contribution in [0.3, 0.4) is 0 Å². The molecule has 1 amide bonds. The predicted octanol–water partition coefficient (Wildman–Crippen LogP) is 4.94. The normalized spacial score (nSPS) is 10.7. The van der Waals surface area contributed by atoms with Crippen molar-refractivity contribution in [3.8, 4) is 0 Å². The van der Waals surface area contributed by atoms with Gasteiger partial charge in [-0.05, 0) is 12.1 Å². The van der Waals surface area contributed by atoms with Crippen molar-refractivity contribution in [2.45, 2.75) is 0 Å². The molecule has 2 rings (SSSR count). The fourth-order valence-electron chi connectivity index (χ4n) is 1.59. The van der Waals surface area contributed by atoms with Crippen LogP contribution in [0.15, 0.2) is 18.2 Å². The lowest BCUT2D eigenvalue weighted by Gasteiger charge is -2.10. The Morgan fingerprint density at radius 1 is 0.864 bits per heavy atom. The predicted molar refractivity (Wildman–Crippen MR) is 70.6 cm³/mol. The molecule has 2 aromatic carbocycles. The maximum Gasteiger partial charge on any atom is 0.261 e. The number of hydrogen-bond donors (Lipinski definition) is 1. The molecule has 0 saturated heterocycles. The second-order valence-electron chi connectivity index (χ2n) is 4.00. The van der Waals surface area contributed by atoms with Crippen LogP contribution in [0.25, 0.3) is 0 Å². The summed E-state index contributed by atoms with van der Waals surface area (Å²) in [5.41, 5.74) is -1.77. The standard InChI is InChI=1S/C13H4Cl2F5NO/c14-4-2-1-3-5(7(4)15)21-13(22)6-8(16)10(18)12(20)11(19)9(6)17/h1-3H,(H,21,22). The van der Waals surface area contributed by atoms with Crippen molar-refractivity contribution in [2.24, 2.45) is 0 Å². The van der Waals surface area contributed by atoms with Gasteiger partial charge in [0.25, 0.3) is 5.91 Å². The van der Waals surface area contributed by atoms with Crippen LogP contribution in [0.4, 0.5) is 27.6 Å². The van der Waals surface area contributed by atoms with Gasteiger partial charge in [0.15, 0.2) is 23.3 Å². The van der Waals surface area contributed by atoms with Crippen LogP contribution in [0, 0.1) is 29.1 Å². The van der Waals surface area contributed by atoms with Crippen LogP contribution in [-0.4, -0.2) is 5.91 Å². The van der Waals surface area contributed by atoms with Crippen LogP contribution in [0.2, 0.25) is 10.0 Å². The molecule has 0 aliphatic heterocycles. The Bertz CT molecular complexity index is 753. The summed E-state index contributed by atoms with van der Waals surface area (Å²) < 4.78 is 66.0. The summed E-state index contributed by atoms with van der Waals surface area (Å²) in [4.78, 5) is 11.8. The lowest BCUT2D eigenvalue weighted by molar-refractivity contribution is 0.101. The van der Waals surface area contributed by atoms with Crippen molar-refractivity contribution in [1.29, 1.82) is 0 Å². The molecule has 0 fully saturated rings. The van der Waals surface area contributed by atoms with E-state index in [4.69, 9.17) is 23.2 Å². The molecule has 2 aromatic rings. The monoisotopic (exact) mass is 355 g/mol. The first-order chi connectivity index (χ1) is 10.3. The van der Waals surface area contributed by atoms with Crippen molar-refractivity contribution in [3.05, 3.63) is 62.9 Å². The minimum absolute atomic E-state index is 0.0249. The maximum absolute atomic E-state index is 13.5.